The Morgan fingerprint density at radius 2 is 1.82 bits per heavy atom. The second-order valence-electron chi connectivity index (χ2n) is 7.44. The minimum atomic E-state index is -0.954. The lowest BCUT2D eigenvalue weighted by Gasteiger charge is -2.26. The molecule has 3 amide bonds. The highest BCUT2D eigenvalue weighted by Gasteiger charge is 2.43. The first-order valence-corrected chi connectivity index (χ1v) is 10.5. The van der Waals surface area contributed by atoms with E-state index in [1.807, 2.05) is 6.92 Å². The van der Waals surface area contributed by atoms with Crippen LogP contribution in [0.4, 0.5) is 5.69 Å². The molecular formula is C24H26N2O7. The van der Waals surface area contributed by atoms with E-state index in [9.17, 15) is 19.2 Å². The lowest BCUT2D eigenvalue weighted by Crippen LogP contribution is -2.35. The molecule has 0 spiro atoms. The number of amides is 3. The Morgan fingerprint density at radius 3 is 2.45 bits per heavy atom. The number of benzene rings is 2. The Hall–Kier alpha value is -3.88. The van der Waals surface area contributed by atoms with Crippen LogP contribution in [0.3, 0.4) is 0 Å². The molecule has 1 atom stereocenters. The minimum absolute atomic E-state index is 0.0866. The van der Waals surface area contributed by atoms with Gasteiger partial charge in [0, 0.05) is 6.92 Å². The number of fused-ring (bicyclic) bond motifs is 1. The summed E-state index contributed by atoms with van der Waals surface area (Å²) in [6, 6.07) is 8.67. The number of esters is 1. The maximum Gasteiger partial charge on any atom is 0.307 e. The van der Waals surface area contributed by atoms with Crippen molar-refractivity contribution in [1.82, 2.24) is 4.90 Å². The van der Waals surface area contributed by atoms with Crippen molar-refractivity contribution in [2.45, 2.75) is 32.7 Å². The predicted octanol–water partition coefficient (Wildman–Crippen LogP) is 3.34. The Balaban J connectivity index is 2.08. The van der Waals surface area contributed by atoms with Crippen LogP contribution in [0.15, 0.2) is 36.4 Å². The second kappa shape index (κ2) is 10.2. The zero-order valence-corrected chi connectivity index (χ0v) is 19.0. The number of hydrogen-bond acceptors (Lipinski definition) is 7. The molecule has 0 bridgehead atoms. The predicted molar refractivity (Wildman–Crippen MR) is 119 cm³/mol. The van der Waals surface area contributed by atoms with Crippen molar-refractivity contribution >= 4 is 29.4 Å². The van der Waals surface area contributed by atoms with Crippen molar-refractivity contribution in [3.63, 3.8) is 0 Å². The second-order valence-corrected chi connectivity index (χ2v) is 7.44. The number of rotatable bonds is 9. The molecule has 9 nitrogen and oxygen atoms in total. The fraction of sp³-hybridized carbons (Fsp3) is 0.333. The third kappa shape index (κ3) is 4.82. The summed E-state index contributed by atoms with van der Waals surface area (Å²) in [5.74, 6) is -1.23. The van der Waals surface area contributed by atoms with Gasteiger partial charge in [0.25, 0.3) is 11.8 Å². The molecule has 174 valence electrons. The molecule has 2 aromatic rings. The van der Waals surface area contributed by atoms with Gasteiger partial charge in [0.2, 0.25) is 5.91 Å². The summed E-state index contributed by atoms with van der Waals surface area (Å²) in [4.78, 5) is 51.6. The Bertz CT molecular complexity index is 1100. The topological polar surface area (TPSA) is 111 Å². The van der Waals surface area contributed by atoms with E-state index in [2.05, 4.69) is 5.32 Å². The third-order valence-electron chi connectivity index (χ3n) is 5.19. The van der Waals surface area contributed by atoms with Crippen LogP contribution < -0.4 is 14.8 Å². The van der Waals surface area contributed by atoms with Crippen molar-refractivity contribution in [2.24, 2.45) is 0 Å². The summed E-state index contributed by atoms with van der Waals surface area (Å²) in [6.45, 7) is 3.71. The normalized spacial score (nSPS) is 13.4. The van der Waals surface area contributed by atoms with Gasteiger partial charge in [0.05, 0.1) is 50.1 Å². The van der Waals surface area contributed by atoms with Gasteiger partial charge in [-0.15, -0.1) is 0 Å². The quantitative estimate of drug-likeness (QED) is 0.457. The number of carbonyl (C=O) groups is 4. The molecule has 1 N–H and O–H groups in total. The van der Waals surface area contributed by atoms with Gasteiger partial charge in [-0.25, -0.2) is 0 Å². The summed E-state index contributed by atoms with van der Waals surface area (Å²) < 4.78 is 15.9. The maximum atomic E-state index is 13.4. The lowest BCUT2D eigenvalue weighted by atomic mass is 10.0. The molecule has 33 heavy (non-hydrogen) atoms. The van der Waals surface area contributed by atoms with Gasteiger partial charge >= 0.3 is 5.97 Å². The monoisotopic (exact) mass is 454 g/mol. The summed E-state index contributed by atoms with van der Waals surface area (Å²) in [6.07, 6.45) is 0.514. The van der Waals surface area contributed by atoms with Crippen LogP contribution in [0.2, 0.25) is 0 Å². The summed E-state index contributed by atoms with van der Waals surface area (Å²) in [5, 5.41) is 2.59. The number of hydrogen-bond donors (Lipinski definition) is 1. The number of anilines is 1. The number of nitrogens with one attached hydrogen (secondary N) is 1. The fourth-order valence-corrected chi connectivity index (χ4v) is 3.71. The number of imide groups is 1. The molecule has 0 saturated heterocycles. The highest BCUT2D eigenvalue weighted by molar-refractivity contribution is 6.24. The number of methoxy groups -OCH3 is 2. The van der Waals surface area contributed by atoms with Gasteiger partial charge in [0.1, 0.15) is 0 Å². The van der Waals surface area contributed by atoms with E-state index in [0.29, 0.717) is 23.7 Å². The summed E-state index contributed by atoms with van der Waals surface area (Å²) in [5.41, 5.74) is 0.975. The van der Waals surface area contributed by atoms with Crippen LogP contribution >= 0.6 is 0 Å². The van der Waals surface area contributed by atoms with Gasteiger partial charge in [-0.1, -0.05) is 19.1 Å². The average Bonchev–Trinajstić information content (AvgIpc) is 3.06. The Labute approximate surface area is 191 Å². The van der Waals surface area contributed by atoms with Crippen LogP contribution in [-0.2, 0) is 14.3 Å². The van der Waals surface area contributed by atoms with Crippen LogP contribution in [0.5, 0.6) is 11.5 Å². The van der Waals surface area contributed by atoms with E-state index in [-0.39, 0.29) is 29.1 Å². The van der Waals surface area contributed by atoms with Crippen molar-refractivity contribution in [1.29, 1.82) is 0 Å². The minimum Gasteiger partial charge on any atom is -0.493 e. The number of carbonyl (C=O) groups excluding carboxylic acids is 4. The molecule has 2 aromatic carbocycles. The Morgan fingerprint density at radius 1 is 1.06 bits per heavy atom. The zero-order chi connectivity index (χ0) is 24.1. The van der Waals surface area contributed by atoms with E-state index in [1.165, 1.54) is 27.2 Å². The maximum absolute atomic E-state index is 13.4. The van der Waals surface area contributed by atoms with Crippen molar-refractivity contribution in [2.75, 3.05) is 26.1 Å². The van der Waals surface area contributed by atoms with E-state index in [4.69, 9.17) is 14.2 Å². The Kier molecular flexibility index (Phi) is 7.32. The van der Waals surface area contributed by atoms with E-state index in [1.54, 1.807) is 30.3 Å². The molecule has 1 aliphatic heterocycles. The van der Waals surface area contributed by atoms with Crippen LogP contribution in [-0.4, -0.2) is 49.4 Å². The molecule has 1 aliphatic rings. The van der Waals surface area contributed by atoms with Gasteiger partial charge in [-0.3, -0.25) is 24.1 Å². The molecule has 0 aliphatic carbocycles. The molecule has 0 fully saturated rings. The molecule has 0 saturated carbocycles. The highest BCUT2D eigenvalue weighted by Crippen LogP contribution is 2.39. The molecule has 9 heteroatoms. The SMILES string of the molecule is CCCOc1cc(C(CC(=O)OC)N2C(=O)c3cccc(NC(C)=O)c3C2=O)ccc1OC. The fourth-order valence-electron chi connectivity index (χ4n) is 3.71. The number of ether oxygens (including phenoxy) is 3. The molecule has 0 aromatic heterocycles. The molecular weight excluding hydrogens is 428 g/mol. The molecule has 1 heterocycles. The van der Waals surface area contributed by atoms with E-state index in [0.717, 1.165) is 11.3 Å². The largest absolute Gasteiger partial charge is 0.493 e. The molecule has 3 rings (SSSR count). The third-order valence-corrected chi connectivity index (χ3v) is 5.19. The standard InChI is InChI=1S/C24H26N2O7/c1-5-11-33-20-12-15(9-10-19(20)31-3)18(13-21(28)32-4)26-23(29)16-7-6-8-17(25-14(2)27)22(16)24(26)30/h6-10,12,18H,5,11,13H2,1-4H3,(H,25,27). The van der Waals surface area contributed by atoms with Crippen molar-refractivity contribution in [3.8, 4) is 11.5 Å². The lowest BCUT2D eigenvalue weighted by molar-refractivity contribution is -0.141. The number of nitrogens with zero attached hydrogens (tertiary/aromatic N) is 1. The summed E-state index contributed by atoms with van der Waals surface area (Å²) in [7, 11) is 2.74. The van der Waals surface area contributed by atoms with Gasteiger partial charge in [0.15, 0.2) is 11.5 Å². The van der Waals surface area contributed by atoms with Crippen LogP contribution in [0, 0.1) is 0 Å². The van der Waals surface area contributed by atoms with E-state index >= 15 is 0 Å². The zero-order valence-electron chi connectivity index (χ0n) is 19.0. The smallest absolute Gasteiger partial charge is 0.307 e. The van der Waals surface area contributed by atoms with Crippen LogP contribution in [0.1, 0.15) is 59.0 Å². The van der Waals surface area contributed by atoms with E-state index < -0.39 is 23.8 Å². The van der Waals surface area contributed by atoms with Crippen molar-refractivity contribution in [3.05, 3.63) is 53.1 Å². The molecule has 0 radical (unpaired) electrons. The average molecular weight is 454 g/mol. The highest BCUT2D eigenvalue weighted by atomic mass is 16.5. The first kappa shape index (κ1) is 23.8. The van der Waals surface area contributed by atoms with Crippen LogP contribution in [0.25, 0.3) is 0 Å². The van der Waals surface area contributed by atoms with Gasteiger partial charge in [-0.2, -0.15) is 0 Å². The first-order valence-electron chi connectivity index (χ1n) is 10.5. The van der Waals surface area contributed by atoms with Crippen molar-refractivity contribution < 1.29 is 33.4 Å². The molecule has 1 unspecified atom stereocenters. The first-order chi connectivity index (χ1) is 15.8. The van der Waals surface area contributed by atoms with Gasteiger partial charge < -0.3 is 19.5 Å². The van der Waals surface area contributed by atoms with Gasteiger partial charge in [-0.05, 0) is 36.2 Å². The summed E-state index contributed by atoms with van der Waals surface area (Å²) >= 11 is 0.